The van der Waals surface area contributed by atoms with Crippen LogP contribution in [0.3, 0.4) is 0 Å². The molecule has 0 amide bonds. The SMILES string of the molecule is Cc1oc2c(C(F)(F)F)cccc2c1C(N)C(=O)O. The van der Waals surface area contributed by atoms with Crippen LogP contribution in [0.15, 0.2) is 22.6 Å². The lowest BCUT2D eigenvalue weighted by molar-refractivity contribution is -0.139. The van der Waals surface area contributed by atoms with Crippen molar-refractivity contribution >= 4 is 16.9 Å². The predicted octanol–water partition coefficient (Wildman–Crippen LogP) is 2.84. The van der Waals surface area contributed by atoms with Crippen molar-refractivity contribution in [2.45, 2.75) is 19.1 Å². The number of fused-ring (bicyclic) bond motifs is 1. The highest BCUT2D eigenvalue weighted by atomic mass is 19.4. The molecule has 0 aliphatic carbocycles. The molecule has 2 aromatic rings. The number of carboxylic acid groups (broad SMARTS) is 1. The summed E-state index contributed by atoms with van der Waals surface area (Å²) in [5.41, 5.74) is 4.19. The summed E-state index contributed by atoms with van der Waals surface area (Å²) in [4.78, 5) is 10.9. The largest absolute Gasteiger partial charge is 0.480 e. The number of benzene rings is 1. The summed E-state index contributed by atoms with van der Waals surface area (Å²) in [6, 6.07) is 2.00. The number of para-hydroxylation sites is 1. The smallest absolute Gasteiger partial charge is 0.420 e. The fourth-order valence-corrected chi connectivity index (χ4v) is 1.99. The Hall–Kier alpha value is -2.02. The molecule has 1 aromatic heterocycles. The lowest BCUT2D eigenvalue weighted by Gasteiger charge is -2.07. The first-order valence-electron chi connectivity index (χ1n) is 5.31. The molecule has 0 radical (unpaired) electrons. The van der Waals surface area contributed by atoms with Crippen LogP contribution in [0.4, 0.5) is 13.2 Å². The highest BCUT2D eigenvalue weighted by molar-refractivity contribution is 5.90. The van der Waals surface area contributed by atoms with Crippen LogP contribution >= 0.6 is 0 Å². The second-order valence-electron chi connectivity index (χ2n) is 4.07. The van der Waals surface area contributed by atoms with Gasteiger partial charge in [-0.05, 0) is 13.0 Å². The van der Waals surface area contributed by atoms with Crippen molar-refractivity contribution in [3.63, 3.8) is 0 Å². The molecular formula is C12H10F3NO3. The predicted molar refractivity (Wildman–Crippen MR) is 60.5 cm³/mol. The molecule has 0 fully saturated rings. The van der Waals surface area contributed by atoms with E-state index in [2.05, 4.69) is 0 Å². The quantitative estimate of drug-likeness (QED) is 0.882. The first kappa shape index (κ1) is 13.4. The molecule has 0 bridgehead atoms. The molecule has 0 aliphatic rings. The van der Waals surface area contributed by atoms with E-state index >= 15 is 0 Å². The van der Waals surface area contributed by atoms with Crippen LogP contribution in [0.1, 0.15) is 22.9 Å². The van der Waals surface area contributed by atoms with Gasteiger partial charge in [0.25, 0.3) is 0 Å². The van der Waals surface area contributed by atoms with Crippen LogP contribution in [0.25, 0.3) is 11.0 Å². The van der Waals surface area contributed by atoms with E-state index in [1.165, 1.54) is 19.1 Å². The van der Waals surface area contributed by atoms with Gasteiger partial charge >= 0.3 is 12.1 Å². The number of carbonyl (C=O) groups is 1. The molecule has 2 rings (SSSR count). The maximum atomic E-state index is 12.8. The standard InChI is InChI=1S/C12H10F3NO3/c1-5-8(9(16)11(17)18)6-3-2-4-7(10(6)19-5)12(13,14)15/h2-4,9H,16H2,1H3,(H,17,18). The maximum Gasteiger partial charge on any atom is 0.420 e. The number of aryl methyl sites for hydroxylation is 1. The van der Waals surface area contributed by atoms with E-state index in [9.17, 15) is 18.0 Å². The van der Waals surface area contributed by atoms with Gasteiger partial charge in [-0.15, -0.1) is 0 Å². The molecule has 19 heavy (non-hydrogen) atoms. The summed E-state index contributed by atoms with van der Waals surface area (Å²) in [7, 11) is 0. The number of nitrogens with two attached hydrogens (primary N) is 1. The Morgan fingerprint density at radius 1 is 1.42 bits per heavy atom. The van der Waals surface area contributed by atoms with Crippen LogP contribution in [0, 0.1) is 6.92 Å². The van der Waals surface area contributed by atoms with Gasteiger partial charge in [-0.2, -0.15) is 13.2 Å². The average Bonchev–Trinajstić information content (AvgIpc) is 2.61. The zero-order chi connectivity index (χ0) is 14.4. The average molecular weight is 273 g/mol. The molecular weight excluding hydrogens is 263 g/mol. The summed E-state index contributed by atoms with van der Waals surface area (Å²) < 4.78 is 43.5. The van der Waals surface area contributed by atoms with Crippen molar-refractivity contribution in [3.8, 4) is 0 Å². The Balaban J connectivity index is 2.77. The van der Waals surface area contributed by atoms with Crippen LogP contribution in [0.2, 0.25) is 0 Å². The Morgan fingerprint density at radius 2 is 2.05 bits per heavy atom. The third-order valence-corrected chi connectivity index (χ3v) is 2.82. The molecule has 4 nitrogen and oxygen atoms in total. The van der Waals surface area contributed by atoms with Crippen LogP contribution in [-0.2, 0) is 11.0 Å². The number of furan rings is 1. The van der Waals surface area contributed by atoms with E-state index < -0.39 is 23.8 Å². The monoisotopic (exact) mass is 273 g/mol. The van der Waals surface area contributed by atoms with Gasteiger partial charge in [0, 0.05) is 10.9 Å². The van der Waals surface area contributed by atoms with E-state index in [0.717, 1.165) is 6.07 Å². The lowest BCUT2D eigenvalue weighted by Crippen LogP contribution is -2.21. The molecule has 0 aliphatic heterocycles. The fraction of sp³-hybridized carbons (Fsp3) is 0.250. The number of carboxylic acids is 1. The third-order valence-electron chi connectivity index (χ3n) is 2.82. The topological polar surface area (TPSA) is 76.5 Å². The summed E-state index contributed by atoms with van der Waals surface area (Å²) in [5.74, 6) is -1.26. The number of hydrogen-bond acceptors (Lipinski definition) is 3. The number of rotatable bonds is 2. The van der Waals surface area contributed by atoms with Gasteiger partial charge in [0.2, 0.25) is 0 Å². The van der Waals surface area contributed by atoms with Crippen LogP contribution in [-0.4, -0.2) is 11.1 Å². The van der Waals surface area contributed by atoms with Gasteiger partial charge in [0.1, 0.15) is 17.4 Å². The normalized spacial score (nSPS) is 13.7. The van der Waals surface area contributed by atoms with Gasteiger partial charge in [-0.3, -0.25) is 4.79 Å². The number of halogens is 3. The van der Waals surface area contributed by atoms with Crippen molar-refractivity contribution in [1.82, 2.24) is 0 Å². The summed E-state index contributed by atoms with van der Waals surface area (Å²) in [6.45, 7) is 1.39. The molecule has 0 saturated heterocycles. The minimum atomic E-state index is -4.58. The number of alkyl halides is 3. The molecule has 0 saturated carbocycles. The zero-order valence-electron chi connectivity index (χ0n) is 9.78. The molecule has 1 unspecified atom stereocenters. The third kappa shape index (κ3) is 2.17. The summed E-state index contributed by atoms with van der Waals surface area (Å²) >= 11 is 0. The van der Waals surface area contributed by atoms with Crippen LogP contribution < -0.4 is 5.73 Å². The van der Waals surface area contributed by atoms with Gasteiger partial charge in [-0.1, -0.05) is 12.1 Å². The second kappa shape index (κ2) is 4.27. The van der Waals surface area contributed by atoms with Gasteiger partial charge in [-0.25, -0.2) is 0 Å². The molecule has 3 N–H and O–H groups in total. The Bertz CT molecular complexity index is 645. The second-order valence-corrected chi connectivity index (χ2v) is 4.07. The first-order valence-corrected chi connectivity index (χ1v) is 5.31. The van der Waals surface area contributed by atoms with E-state index in [1.54, 1.807) is 0 Å². The Kier molecular flexibility index (Phi) is 3.01. The van der Waals surface area contributed by atoms with Gasteiger partial charge in [0.05, 0.1) is 5.56 Å². The number of aliphatic carboxylic acids is 1. The van der Waals surface area contributed by atoms with Crippen molar-refractivity contribution < 1.29 is 27.5 Å². The van der Waals surface area contributed by atoms with Gasteiger partial charge in [0.15, 0.2) is 0 Å². The van der Waals surface area contributed by atoms with Crippen LogP contribution in [0.5, 0.6) is 0 Å². The fourth-order valence-electron chi connectivity index (χ4n) is 1.99. The minimum Gasteiger partial charge on any atom is -0.480 e. The van der Waals surface area contributed by atoms with E-state index in [1.807, 2.05) is 0 Å². The molecule has 7 heteroatoms. The van der Waals surface area contributed by atoms with Crippen molar-refractivity contribution in [1.29, 1.82) is 0 Å². The lowest BCUT2D eigenvalue weighted by atomic mass is 10.0. The molecule has 102 valence electrons. The van der Waals surface area contributed by atoms with Gasteiger partial charge < -0.3 is 15.3 Å². The molecule has 0 spiro atoms. The number of hydrogen-bond donors (Lipinski definition) is 2. The highest BCUT2D eigenvalue weighted by Gasteiger charge is 2.35. The zero-order valence-corrected chi connectivity index (χ0v) is 9.78. The van der Waals surface area contributed by atoms with E-state index in [0.29, 0.717) is 0 Å². The molecule has 1 heterocycles. The highest BCUT2D eigenvalue weighted by Crippen LogP contribution is 2.39. The minimum absolute atomic E-state index is 0.0635. The van der Waals surface area contributed by atoms with E-state index in [4.69, 9.17) is 15.3 Å². The summed E-state index contributed by atoms with van der Waals surface area (Å²) in [5, 5.41) is 8.95. The first-order chi connectivity index (χ1) is 8.73. The van der Waals surface area contributed by atoms with Crippen molar-refractivity contribution in [3.05, 3.63) is 35.1 Å². The summed E-state index contributed by atoms with van der Waals surface area (Å²) in [6.07, 6.45) is -4.58. The molecule has 1 atom stereocenters. The molecule has 1 aromatic carbocycles. The Morgan fingerprint density at radius 3 is 2.58 bits per heavy atom. The van der Waals surface area contributed by atoms with Crippen molar-refractivity contribution in [2.75, 3.05) is 0 Å². The van der Waals surface area contributed by atoms with Crippen molar-refractivity contribution in [2.24, 2.45) is 5.73 Å². The Labute approximate surface area is 105 Å². The maximum absolute atomic E-state index is 12.8. The van der Waals surface area contributed by atoms with E-state index in [-0.39, 0.29) is 22.3 Å².